The Bertz CT molecular complexity index is 1140. The average molecular weight is 415 g/mol. The van der Waals surface area contributed by atoms with Crippen molar-refractivity contribution in [2.24, 2.45) is 0 Å². The first-order valence-corrected chi connectivity index (χ1v) is 10.2. The number of carbonyl (C=O) groups is 1. The molecule has 4 rings (SSSR count). The minimum atomic E-state index is -0.362. The van der Waals surface area contributed by atoms with Crippen LogP contribution in [0.15, 0.2) is 41.4 Å². The monoisotopic (exact) mass is 415 g/mol. The smallest absolute Gasteiger partial charge is 0.236 e. The van der Waals surface area contributed by atoms with Gasteiger partial charge in [-0.15, -0.1) is 20.4 Å². The number of amides is 1. The summed E-state index contributed by atoms with van der Waals surface area (Å²) in [6, 6.07) is 9.59. The maximum Gasteiger partial charge on any atom is 0.236 e. The minimum absolute atomic E-state index is 0.164. The van der Waals surface area contributed by atoms with E-state index in [0.29, 0.717) is 27.2 Å². The maximum atomic E-state index is 13.5. The number of benzene rings is 1. The van der Waals surface area contributed by atoms with Crippen LogP contribution in [0.2, 0.25) is 0 Å². The fourth-order valence-corrected chi connectivity index (χ4v) is 3.75. The zero-order valence-electron chi connectivity index (χ0n) is 14.7. The molecule has 0 saturated heterocycles. The van der Waals surface area contributed by atoms with Crippen molar-refractivity contribution in [2.75, 3.05) is 11.1 Å². The van der Waals surface area contributed by atoms with Crippen LogP contribution in [0.4, 0.5) is 9.52 Å². The molecule has 0 unspecified atom stereocenters. The molecule has 4 aromatic rings. The van der Waals surface area contributed by atoms with Crippen molar-refractivity contribution >= 4 is 39.8 Å². The molecule has 1 amide bonds. The van der Waals surface area contributed by atoms with E-state index in [9.17, 15) is 9.18 Å². The van der Waals surface area contributed by atoms with Gasteiger partial charge in [0, 0.05) is 5.56 Å². The van der Waals surface area contributed by atoms with Crippen LogP contribution in [0.1, 0.15) is 11.9 Å². The molecule has 0 spiro atoms. The molecule has 28 heavy (non-hydrogen) atoms. The van der Waals surface area contributed by atoms with Crippen molar-refractivity contribution in [1.82, 2.24) is 30.0 Å². The number of halogens is 1. The molecule has 0 saturated carbocycles. The second-order valence-electron chi connectivity index (χ2n) is 5.67. The largest absolute Gasteiger partial charge is 0.300 e. The summed E-state index contributed by atoms with van der Waals surface area (Å²) < 4.78 is 15.1. The standard InChI is InChI=1S/C17H14FN7OS2/c1-2-14-21-23-17(28-14)19-13(26)9-27-15-7-6-12-20-22-16(25(12)24-15)10-4-3-5-11(18)8-10/h3-8H,2,9H2,1H3,(H,19,23,26). The molecule has 0 fully saturated rings. The predicted octanol–water partition coefficient (Wildman–Crippen LogP) is 3.08. The Labute approximate surface area is 167 Å². The number of nitrogens with one attached hydrogen (secondary N) is 1. The van der Waals surface area contributed by atoms with E-state index in [1.54, 1.807) is 24.3 Å². The number of thioether (sulfide) groups is 1. The van der Waals surface area contributed by atoms with Crippen LogP contribution in [-0.4, -0.2) is 41.7 Å². The number of rotatable bonds is 6. The van der Waals surface area contributed by atoms with Crippen molar-refractivity contribution in [3.05, 3.63) is 47.2 Å². The second-order valence-corrected chi connectivity index (χ2v) is 7.72. The van der Waals surface area contributed by atoms with Crippen molar-refractivity contribution in [3.63, 3.8) is 0 Å². The van der Waals surface area contributed by atoms with E-state index in [0.717, 1.165) is 11.4 Å². The highest BCUT2D eigenvalue weighted by molar-refractivity contribution is 7.99. The SMILES string of the molecule is CCc1nnc(NC(=O)CSc2ccc3nnc(-c4cccc(F)c4)n3n2)s1. The van der Waals surface area contributed by atoms with Gasteiger partial charge in [0.15, 0.2) is 11.5 Å². The van der Waals surface area contributed by atoms with Crippen molar-refractivity contribution in [2.45, 2.75) is 18.4 Å². The van der Waals surface area contributed by atoms with Crippen LogP contribution >= 0.6 is 23.1 Å². The number of hydrogen-bond acceptors (Lipinski definition) is 8. The molecule has 11 heteroatoms. The zero-order chi connectivity index (χ0) is 19.5. The first-order chi connectivity index (χ1) is 13.6. The summed E-state index contributed by atoms with van der Waals surface area (Å²) in [4.78, 5) is 12.1. The van der Waals surface area contributed by atoms with Crippen LogP contribution in [0.3, 0.4) is 0 Å². The molecule has 0 bridgehead atoms. The van der Waals surface area contributed by atoms with Crippen LogP contribution < -0.4 is 5.32 Å². The average Bonchev–Trinajstić information content (AvgIpc) is 3.32. The third-order valence-corrected chi connectivity index (χ3v) is 5.59. The minimum Gasteiger partial charge on any atom is -0.300 e. The Morgan fingerprint density at radius 1 is 1.21 bits per heavy atom. The van der Waals surface area contributed by atoms with E-state index < -0.39 is 0 Å². The first kappa shape index (κ1) is 18.4. The van der Waals surface area contributed by atoms with Gasteiger partial charge in [0.1, 0.15) is 15.9 Å². The first-order valence-electron chi connectivity index (χ1n) is 8.36. The molecule has 8 nitrogen and oxygen atoms in total. The molecule has 142 valence electrons. The fourth-order valence-electron chi connectivity index (χ4n) is 2.40. The molecule has 0 atom stereocenters. The molecule has 1 aromatic carbocycles. The van der Waals surface area contributed by atoms with E-state index in [-0.39, 0.29) is 17.5 Å². The molecule has 3 heterocycles. The third-order valence-electron chi connectivity index (χ3n) is 3.69. The molecule has 0 aliphatic heterocycles. The number of fused-ring (bicyclic) bond motifs is 1. The number of nitrogens with zero attached hydrogens (tertiary/aromatic N) is 6. The van der Waals surface area contributed by atoms with Gasteiger partial charge >= 0.3 is 0 Å². The summed E-state index contributed by atoms with van der Waals surface area (Å²) in [7, 11) is 0. The summed E-state index contributed by atoms with van der Waals surface area (Å²) in [5.41, 5.74) is 1.11. The molecule has 0 aliphatic carbocycles. The van der Waals surface area contributed by atoms with Crippen LogP contribution in [0.25, 0.3) is 17.0 Å². The molecule has 0 radical (unpaired) electrons. The van der Waals surface area contributed by atoms with Crippen molar-refractivity contribution < 1.29 is 9.18 Å². The Balaban J connectivity index is 1.48. The van der Waals surface area contributed by atoms with E-state index in [2.05, 4.69) is 30.8 Å². The van der Waals surface area contributed by atoms with Gasteiger partial charge in [-0.25, -0.2) is 4.39 Å². The van der Waals surface area contributed by atoms with E-state index in [1.165, 1.54) is 39.7 Å². The number of aromatic nitrogens is 6. The third kappa shape index (κ3) is 3.99. The number of anilines is 1. The van der Waals surface area contributed by atoms with Crippen LogP contribution in [0.5, 0.6) is 0 Å². The van der Waals surface area contributed by atoms with Crippen molar-refractivity contribution in [1.29, 1.82) is 0 Å². The Morgan fingerprint density at radius 3 is 2.89 bits per heavy atom. The number of aryl methyl sites for hydroxylation is 1. The van der Waals surface area contributed by atoms with Gasteiger partial charge in [0.25, 0.3) is 0 Å². The summed E-state index contributed by atoms with van der Waals surface area (Å²) in [6.07, 6.45) is 0.777. The highest BCUT2D eigenvalue weighted by Gasteiger charge is 2.12. The van der Waals surface area contributed by atoms with Gasteiger partial charge < -0.3 is 0 Å². The highest BCUT2D eigenvalue weighted by atomic mass is 32.2. The van der Waals surface area contributed by atoms with Gasteiger partial charge in [-0.1, -0.05) is 42.2 Å². The second kappa shape index (κ2) is 7.98. The number of carbonyl (C=O) groups excluding carboxylic acids is 1. The van der Waals surface area contributed by atoms with Gasteiger partial charge in [-0.2, -0.15) is 9.61 Å². The summed E-state index contributed by atoms with van der Waals surface area (Å²) in [5, 5.41) is 25.2. The molecule has 0 aliphatic rings. The lowest BCUT2D eigenvalue weighted by Gasteiger charge is -2.03. The Kier molecular flexibility index (Phi) is 5.26. The lowest BCUT2D eigenvalue weighted by molar-refractivity contribution is -0.113. The van der Waals surface area contributed by atoms with Crippen molar-refractivity contribution in [3.8, 4) is 11.4 Å². The topological polar surface area (TPSA) is 98.0 Å². The maximum absolute atomic E-state index is 13.5. The Morgan fingerprint density at radius 2 is 2.11 bits per heavy atom. The highest BCUT2D eigenvalue weighted by Crippen LogP contribution is 2.22. The van der Waals surface area contributed by atoms with E-state index in [4.69, 9.17) is 0 Å². The number of hydrogen-bond donors (Lipinski definition) is 1. The molecular weight excluding hydrogens is 401 g/mol. The predicted molar refractivity (Wildman–Crippen MR) is 105 cm³/mol. The summed E-state index contributed by atoms with van der Waals surface area (Å²) >= 11 is 2.62. The van der Waals surface area contributed by atoms with Gasteiger partial charge in [0.2, 0.25) is 11.0 Å². The molecular formula is C17H14FN7OS2. The van der Waals surface area contributed by atoms with Gasteiger partial charge in [-0.05, 0) is 30.7 Å². The van der Waals surface area contributed by atoms with Crippen LogP contribution in [0, 0.1) is 5.82 Å². The summed E-state index contributed by atoms with van der Waals surface area (Å²) in [5.74, 6) is 0.0401. The molecule has 1 N–H and O–H groups in total. The lowest BCUT2D eigenvalue weighted by Crippen LogP contribution is -2.14. The van der Waals surface area contributed by atoms with Gasteiger partial charge in [-0.3, -0.25) is 10.1 Å². The fraction of sp³-hybridized carbons (Fsp3) is 0.176. The van der Waals surface area contributed by atoms with E-state index in [1.807, 2.05) is 6.92 Å². The van der Waals surface area contributed by atoms with Crippen LogP contribution in [-0.2, 0) is 11.2 Å². The lowest BCUT2D eigenvalue weighted by atomic mass is 10.2. The zero-order valence-corrected chi connectivity index (χ0v) is 16.3. The Hall–Kier alpha value is -2.92. The quantitative estimate of drug-likeness (QED) is 0.483. The van der Waals surface area contributed by atoms with Gasteiger partial charge in [0.05, 0.1) is 5.75 Å². The van der Waals surface area contributed by atoms with E-state index >= 15 is 0 Å². The normalized spacial score (nSPS) is 11.1. The molecule has 3 aromatic heterocycles. The summed E-state index contributed by atoms with van der Waals surface area (Å²) in [6.45, 7) is 1.98.